The predicted molar refractivity (Wildman–Crippen MR) is 78.8 cm³/mol. The molecule has 3 heteroatoms. The lowest BCUT2D eigenvalue weighted by Gasteiger charge is -2.29. The van der Waals surface area contributed by atoms with Gasteiger partial charge in [-0.1, -0.05) is 24.6 Å². The normalized spacial score (nSPS) is 19.2. The minimum absolute atomic E-state index is 0.417. The molecule has 18 heavy (non-hydrogen) atoms. The number of hydrazine groups is 1. The number of nitrogens with zero attached hydrogens (tertiary/aromatic N) is 1. The summed E-state index contributed by atoms with van der Waals surface area (Å²) in [7, 11) is 0. The lowest BCUT2D eigenvalue weighted by Crippen LogP contribution is -2.42. The molecule has 1 N–H and O–H groups in total. The van der Waals surface area contributed by atoms with Crippen molar-refractivity contribution in [3.63, 3.8) is 0 Å². The molecule has 1 unspecified atom stereocenters. The Kier molecular flexibility index (Phi) is 3.64. The number of hydrogen-bond acceptors (Lipinski definition) is 3. The van der Waals surface area contributed by atoms with Crippen molar-refractivity contribution in [2.75, 3.05) is 13.1 Å². The van der Waals surface area contributed by atoms with Gasteiger partial charge in [0, 0.05) is 22.7 Å². The first-order valence-corrected chi connectivity index (χ1v) is 7.64. The minimum Gasteiger partial charge on any atom is -0.247 e. The van der Waals surface area contributed by atoms with E-state index in [0.717, 1.165) is 0 Å². The van der Waals surface area contributed by atoms with Crippen molar-refractivity contribution in [3.05, 3.63) is 35.2 Å². The van der Waals surface area contributed by atoms with Crippen LogP contribution in [0.3, 0.4) is 0 Å². The maximum Gasteiger partial charge on any atom is 0.0530 e. The van der Waals surface area contributed by atoms with Gasteiger partial charge in [0.2, 0.25) is 0 Å². The highest BCUT2D eigenvalue weighted by molar-refractivity contribution is 7.19. The molecule has 0 bridgehead atoms. The molecule has 0 amide bonds. The van der Waals surface area contributed by atoms with Crippen LogP contribution in [-0.4, -0.2) is 18.1 Å². The van der Waals surface area contributed by atoms with Gasteiger partial charge in [0.25, 0.3) is 0 Å². The zero-order chi connectivity index (χ0) is 12.4. The van der Waals surface area contributed by atoms with E-state index in [-0.39, 0.29) is 0 Å². The van der Waals surface area contributed by atoms with Crippen molar-refractivity contribution in [2.24, 2.45) is 0 Å². The van der Waals surface area contributed by atoms with Crippen LogP contribution in [0, 0.1) is 0 Å². The highest BCUT2D eigenvalue weighted by Crippen LogP contribution is 2.29. The molecular formula is C15H20N2S. The van der Waals surface area contributed by atoms with Crippen molar-refractivity contribution >= 4 is 21.4 Å². The first-order valence-electron chi connectivity index (χ1n) is 6.82. The van der Waals surface area contributed by atoms with Crippen LogP contribution in [-0.2, 0) is 0 Å². The summed E-state index contributed by atoms with van der Waals surface area (Å²) in [4.78, 5) is 1.43. The standard InChI is InChI=1S/C15H20N2S/c1-12(16-17-9-5-2-6-10-17)15-11-13-7-3-4-8-14(13)18-15/h3-4,7-8,11-12,16H,2,5-6,9-10H2,1H3. The fourth-order valence-corrected chi connectivity index (χ4v) is 3.64. The highest BCUT2D eigenvalue weighted by Gasteiger charge is 2.15. The van der Waals surface area contributed by atoms with Gasteiger partial charge in [-0.15, -0.1) is 11.3 Å². The van der Waals surface area contributed by atoms with Gasteiger partial charge < -0.3 is 0 Å². The third kappa shape index (κ3) is 2.58. The summed E-state index contributed by atoms with van der Waals surface area (Å²) in [6.45, 7) is 4.64. The fourth-order valence-electron chi connectivity index (χ4n) is 2.58. The van der Waals surface area contributed by atoms with Crippen molar-refractivity contribution in [1.29, 1.82) is 0 Å². The average Bonchev–Trinajstić information content (AvgIpc) is 2.84. The van der Waals surface area contributed by atoms with E-state index in [4.69, 9.17) is 0 Å². The topological polar surface area (TPSA) is 15.3 Å². The molecule has 1 fully saturated rings. The van der Waals surface area contributed by atoms with Gasteiger partial charge in [-0.2, -0.15) is 0 Å². The zero-order valence-electron chi connectivity index (χ0n) is 10.9. The van der Waals surface area contributed by atoms with Crippen LogP contribution in [0.2, 0.25) is 0 Å². The molecule has 1 saturated heterocycles. The van der Waals surface area contributed by atoms with Crippen LogP contribution in [0.4, 0.5) is 0 Å². The maximum atomic E-state index is 3.64. The minimum atomic E-state index is 0.417. The Balaban J connectivity index is 1.72. The van der Waals surface area contributed by atoms with Gasteiger partial charge in [-0.05, 0) is 37.3 Å². The van der Waals surface area contributed by atoms with Crippen LogP contribution in [0.5, 0.6) is 0 Å². The first kappa shape index (κ1) is 12.2. The molecule has 1 aromatic heterocycles. The largest absolute Gasteiger partial charge is 0.247 e. The second-order valence-corrected chi connectivity index (χ2v) is 6.20. The SMILES string of the molecule is CC(NN1CCCCC1)c1cc2ccccc2s1. The molecule has 2 aromatic rings. The number of fused-ring (bicyclic) bond motifs is 1. The van der Waals surface area contributed by atoms with E-state index in [1.165, 1.54) is 47.3 Å². The summed E-state index contributed by atoms with van der Waals surface area (Å²) in [5, 5.41) is 3.75. The molecule has 0 aliphatic carbocycles. The van der Waals surface area contributed by atoms with Crippen molar-refractivity contribution in [3.8, 4) is 0 Å². The third-order valence-corrected chi connectivity index (χ3v) is 4.90. The Labute approximate surface area is 113 Å². The molecule has 0 saturated carbocycles. The third-order valence-electron chi connectivity index (χ3n) is 3.60. The van der Waals surface area contributed by atoms with Crippen molar-refractivity contribution < 1.29 is 0 Å². The molecular weight excluding hydrogens is 240 g/mol. The van der Waals surface area contributed by atoms with E-state index in [1.807, 2.05) is 11.3 Å². The quantitative estimate of drug-likeness (QED) is 0.899. The molecule has 0 radical (unpaired) electrons. The van der Waals surface area contributed by atoms with Crippen LogP contribution in [0.15, 0.2) is 30.3 Å². The zero-order valence-corrected chi connectivity index (χ0v) is 11.7. The van der Waals surface area contributed by atoms with Gasteiger partial charge in [-0.3, -0.25) is 0 Å². The molecule has 0 spiro atoms. The van der Waals surface area contributed by atoms with Crippen LogP contribution >= 0.6 is 11.3 Å². The lowest BCUT2D eigenvalue weighted by atomic mass is 10.1. The monoisotopic (exact) mass is 260 g/mol. The van der Waals surface area contributed by atoms with E-state index in [9.17, 15) is 0 Å². The summed E-state index contributed by atoms with van der Waals surface area (Å²) in [6.07, 6.45) is 4.04. The molecule has 1 atom stereocenters. The number of rotatable bonds is 3. The van der Waals surface area contributed by atoms with E-state index in [2.05, 4.69) is 47.7 Å². The van der Waals surface area contributed by atoms with E-state index in [0.29, 0.717) is 6.04 Å². The lowest BCUT2D eigenvalue weighted by molar-refractivity contribution is 0.134. The highest BCUT2D eigenvalue weighted by atomic mass is 32.1. The summed E-state index contributed by atoms with van der Waals surface area (Å²) < 4.78 is 1.39. The van der Waals surface area contributed by atoms with Gasteiger partial charge in [-0.25, -0.2) is 10.4 Å². The number of thiophene rings is 1. The summed E-state index contributed by atoms with van der Waals surface area (Å²) in [5.41, 5.74) is 3.64. The first-order chi connectivity index (χ1) is 8.83. The molecule has 1 aromatic carbocycles. The number of piperidine rings is 1. The van der Waals surface area contributed by atoms with Gasteiger partial charge in [0.15, 0.2) is 0 Å². The number of nitrogens with one attached hydrogen (secondary N) is 1. The number of hydrogen-bond donors (Lipinski definition) is 1. The Hall–Kier alpha value is -0.900. The molecule has 1 aliphatic heterocycles. The van der Waals surface area contributed by atoms with Crippen LogP contribution < -0.4 is 5.43 Å². The maximum absolute atomic E-state index is 3.64. The van der Waals surface area contributed by atoms with Gasteiger partial charge in [0.1, 0.15) is 0 Å². The van der Waals surface area contributed by atoms with Gasteiger partial charge in [0.05, 0.1) is 6.04 Å². The summed E-state index contributed by atoms with van der Waals surface area (Å²) >= 11 is 1.90. The van der Waals surface area contributed by atoms with E-state index >= 15 is 0 Å². The van der Waals surface area contributed by atoms with E-state index < -0.39 is 0 Å². The average molecular weight is 260 g/mol. The van der Waals surface area contributed by atoms with Crippen molar-refractivity contribution in [1.82, 2.24) is 10.4 Å². The number of benzene rings is 1. The fraction of sp³-hybridized carbons (Fsp3) is 0.467. The Bertz CT molecular complexity index is 481. The molecule has 96 valence electrons. The predicted octanol–water partition coefficient (Wildman–Crippen LogP) is 3.95. The van der Waals surface area contributed by atoms with Crippen LogP contribution in [0.25, 0.3) is 10.1 Å². The van der Waals surface area contributed by atoms with Crippen molar-refractivity contribution in [2.45, 2.75) is 32.2 Å². The van der Waals surface area contributed by atoms with Gasteiger partial charge >= 0.3 is 0 Å². The van der Waals surface area contributed by atoms with Crippen LogP contribution in [0.1, 0.15) is 37.1 Å². The Morgan fingerprint density at radius 2 is 1.94 bits per heavy atom. The molecule has 2 nitrogen and oxygen atoms in total. The molecule has 1 aliphatic rings. The smallest absolute Gasteiger partial charge is 0.0530 e. The Morgan fingerprint density at radius 3 is 2.72 bits per heavy atom. The molecule has 3 rings (SSSR count). The summed E-state index contributed by atoms with van der Waals surface area (Å²) in [6, 6.07) is 11.4. The second kappa shape index (κ2) is 5.39. The Morgan fingerprint density at radius 1 is 1.17 bits per heavy atom. The molecule has 2 heterocycles. The summed E-state index contributed by atoms with van der Waals surface area (Å²) in [5.74, 6) is 0. The second-order valence-electron chi connectivity index (χ2n) is 5.09. The van der Waals surface area contributed by atoms with E-state index in [1.54, 1.807) is 0 Å².